The topological polar surface area (TPSA) is 92.2 Å². The van der Waals surface area contributed by atoms with Crippen LogP contribution in [-0.4, -0.2) is 0 Å². The third-order valence-corrected chi connectivity index (χ3v) is 0. The fourth-order valence-corrected chi connectivity index (χ4v) is 0. The first kappa shape index (κ1) is 10.1. The molecule has 6 heavy (non-hydrogen) atoms. The molecule has 0 fully saturated rings. The van der Waals surface area contributed by atoms with E-state index >= 15 is 0 Å². The molecule has 0 heterocycles. The van der Waals surface area contributed by atoms with Gasteiger partial charge in [0.05, 0.1) is 14.1 Å². The molecule has 42 valence electrons. The summed E-state index contributed by atoms with van der Waals surface area (Å²) in [6.07, 6.45) is 0. The Morgan fingerprint density at radius 3 is 0.833 bits per heavy atom. The van der Waals surface area contributed by atoms with Crippen molar-refractivity contribution in [2.45, 2.75) is 0 Å². The third kappa shape index (κ3) is 74.2. The van der Waals surface area contributed by atoms with Gasteiger partial charge in [-0.25, -0.2) is 0 Å². The van der Waals surface area contributed by atoms with Gasteiger partial charge in [0, 0.05) is 0 Å². The first-order valence-electron chi connectivity index (χ1n) is 0.617. The van der Waals surface area contributed by atoms with Crippen LogP contribution in [0.4, 0.5) is 0 Å². The molecule has 0 atom stereocenters. The Bertz CT molecular complexity index is 23.0. The minimum Gasteiger partial charge on any atom is -0.264 e. The van der Waals surface area contributed by atoms with E-state index in [1.807, 2.05) is 0 Å². The van der Waals surface area contributed by atoms with E-state index in [-0.39, 0.29) is 22.4 Å². The molecule has 0 aromatic carbocycles. The molecule has 0 aliphatic rings. The van der Waals surface area contributed by atoms with Gasteiger partial charge in [0.1, 0.15) is 0 Å². The molecule has 0 rings (SSSR count). The smallest absolute Gasteiger partial charge is 0.264 e. The Hall–Kier alpha value is 1.06. The summed E-state index contributed by atoms with van der Waals surface area (Å²) in [5, 5.41) is 0. The molecule has 0 saturated heterocycles. The normalized spacial score (nSPS) is 10.0. The van der Waals surface area contributed by atoms with Gasteiger partial charge in [-0.15, -0.1) is 0 Å². The molecule has 0 aromatic rings. The molecule has 0 N–H and O–H groups in total. The second-order valence-electron chi connectivity index (χ2n) is 0.378. The molecule has 0 amide bonds. The van der Waals surface area contributed by atoms with Crippen LogP contribution in [0.5, 0.6) is 0 Å². The number of hydrogen-bond acceptors (Lipinski definition) is 4. The molecule has 0 aliphatic heterocycles. The Labute approximate surface area is 53.4 Å². The van der Waals surface area contributed by atoms with Gasteiger partial charge in [0.25, 0.3) is 0 Å². The first-order valence-corrected chi connectivity index (χ1v) is 3.21. The van der Waals surface area contributed by atoms with E-state index in [0.29, 0.717) is 0 Å². The zero-order valence-electron chi connectivity index (χ0n) is 2.31. The molecule has 0 aliphatic carbocycles. The van der Waals surface area contributed by atoms with Crippen LogP contribution in [-0.2, 0) is 22.4 Å². The van der Waals surface area contributed by atoms with Crippen molar-refractivity contribution in [2.24, 2.45) is 0 Å². The maximum Gasteiger partial charge on any atom is 1.00 e. The molecule has 0 aromatic heterocycles. The zero-order chi connectivity index (χ0) is 4.50. The summed E-state index contributed by atoms with van der Waals surface area (Å²) in [4.78, 5) is 0. The van der Waals surface area contributed by atoms with Crippen LogP contribution in [0.3, 0.4) is 0 Å². The predicted octanol–water partition coefficient (Wildman–Crippen LogP) is -4.76. The molecule has 4 nitrogen and oxygen atoms in total. The maximum absolute atomic E-state index is 8.58. The van der Waals surface area contributed by atoms with Crippen LogP contribution in [0.25, 0.3) is 0 Å². The van der Waals surface area contributed by atoms with E-state index < -0.39 is 14.1 Å². The van der Waals surface area contributed by atoms with E-state index in [4.69, 9.17) is 16.8 Å². The Balaban J connectivity index is 0. The van der Waals surface area contributed by atoms with E-state index in [1.165, 1.54) is 0 Å². The van der Waals surface area contributed by atoms with Gasteiger partial charge >= 0.3 is 22.4 Å². The van der Waals surface area contributed by atoms with Crippen molar-refractivity contribution in [1.82, 2.24) is 0 Å². The molecule has 0 spiro atoms. The van der Waals surface area contributed by atoms with Gasteiger partial charge in [0.15, 0.2) is 0 Å². The Morgan fingerprint density at radius 2 is 0.833 bits per heavy atom. The monoisotopic (exact) mass is 250 g/mol. The van der Waals surface area contributed by atoms with Crippen LogP contribution in [0.1, 0.15) is 0 Å². The molecule has 0 radical (unpaired) electrons. The summed E-state index contributed by atoms with van der Waals surface area (Å²) >= 11 is -5.62. The Kier molecular flexibility index (Phi) is 5.25. The zero-order valence-corrected chi connectivity index (χ0v) is 5.38. The Morgan fingerprint density at radius 1 is 0.833 bits per heavy atom. The van der Waals surface area contributed by atoms with Crippen molar-refractivity contribution in [3.63, 3.8) is 0 Å². The quantitative estimate of drug-likeness (QED) is 0.404. The molecular formula is AgBrO4. The van der Waals surface area contributed by atoms with Gasteiger partial charge in [0.2, 0.25) is 0 Å². The van der Waals surface area contributed by atoms with Crippen molar-refractivity contribution in [3.8, 4) is 0 Å². The SMILES string of the molecule is [Ag+].[O-][Br+3]([O-])([O-])[O-]. The van der Waals surface area contributed by atoms with E-state index in [1.54, 1.807) is 0 Å². The van der Waals surface area contributed by atoms with Crippen molar-refractivity contribution in [2.75, 3.05) is 0 Å². The number of rotatable bonds is 0. The van der Waals surface area contributed by atoms with Gasteiger partial charge in [-0.05, 0) is 0 Å². The van der Waals surface area contributed by atoms with Crippen LogP contribution in [0, 0.1) is 14.1 Å². The molecule has 6 heteroatoms. The van der Waals surface area contributed by atoms with Crippen LogP contribution in [0.15, 0.2) is 0 Å². The summed E-state index contributed by atoms with van der Waals surface area (Å²) < 4.78 is 34.3. The van der Waals surface area contributed by atoms with Gasteiger partial charge in [-0.2, -0.15) is 0 Å². The van der Waals surface area contributed by atoms with Gasteiger partial charge < -0.3 is 0 Å². The van der Waals surface area contributed by atoms with Crippen molar-refractivity contribution < 1.29 is 53.3 Å². The van der Waals surface area contributed by atoms with E-state index in [0.717, 1.165) is 0 Å². The fraction of sp³-hybridized carbons (Fsp3) is 0. The molecule has 0 unspecified atom stereocenters. The van der Waals surface area contributed by atoms with Crippen molar-refractivity contribution in [1.29, 1.82) is 0 Å². The summed E-state index contributed by atoms with van der Waals surface area (Å²) in [5.41, 5.74) is 0. The largest absolute Gasteiger partial charge is 1.00 e. The minimum atomic E-state index is -5.62. The molecule has 0 bridgehead atoms. The predicted molar refractivity (Wildman–Crippen MR) is 0 cm³/mol. The van der Waals surface area contributed by atoms with E-state index in [2.05, 4.69) is 0 Å². The standard InChI is InChI=1S/Ag.BrO4/c;2-1(3,4)5/q+1;-1. The van der Waals surface area contributed by atoms with Crippen molar-refractivity contribution >= 4 is 0 Å². The summed E-state index contributed by atoms with van der Waals surface area (Å²) in [6.45, 7) is 0. The van der Waals surface area contributed by atoms with Gasteiger partial charge in [-0.3, -0.25) is 16.8 Å². The van der Waals surface area contributed by atoms with Crippen LogP contribution in [0.2, 0.25) is 0 Å². The molecule has 0 saturated carbocycles. The second-order valence-corrected chi connectivity index (χ2v) is 1.96. The number of halogens is 1. The minimum absolute atomic E-state index is 0. The maximum atomic E-state index is 8.58. The van der Waals surface area contributed by atoms with Crippen molar-refractivity contribution in [3.05, 3.63) is 0 Å². The summed E-state index contributed by atoms with van der Waals surface area (Å²) in [6, 6.07) is 0. The van der Waals surface area contributed by atoms with Crippen LogP contribution >= 0.6 is 0 Å². The number of hydrogen-bond donors (Lipinski definition) is 0. The summed E-state index contributed by atoms with van der Waals surface area (Å²) in [5.74, 6) is 0. The first-order chi connectivity index (χ1) is 2.00. The average Bonchev–Trinajstić information content (AvgIpc) is 0.722. The second kappa shape index (κ2) is 3.11. The molecular weight excluding hydrogens is 252 g/mol. The third-order valence-electron chi connectivity index (χ3n) is 0. The fourth-order valence-electron chi connectivity index (χ4n) is 0. The van der Waals surface area contributed by atoms with Crippen LogP contribution < -0.4 is 16.8 Å². The summed E-state index contributed by atoms with van der Waals surface area (Å²) in [7, 11) is 0. The van der Waals surface area contributed by atoms with Gasteiger partial charge in [-0.1, -0.05) is 0 Å². The average molecular weight is 252 g/mol. The van der Waals surface area contributed by atoms with E-state index in [9.17, 15) is 0 Å².